The summed E-state index contributed by atoms with van der Waals surface area (Å²) in [4.78, 5) is 14.5. The van der Waals surface area contributed by atoms with Crippen molar-refractivity contribution in [2.75, 3.05) is 19.0 Å². The van der Waals surface area contributed by atoms with E-state index in [-0.39, 0.29) is 12.1 Å². The lowest BCUT2D eigenvalue weighted by atomic mass is 10.0. The van der Waals surface area contributed by atoms with Crippen molar-refractivity contribution in [2.24, 2.45) is 0 Å². The van der Waals surface area contributed by atoms with E-state index in [0.717, 1.165) is 18.4 Å². The number of nitrogens with one attached hydrogen (secondary N) is 1. The Morgan fingerprint density at radius 2 is 2.08 bits per heavy atom. The monoisotopic (exact) mass is 340 g/mol. The van der Waals surface area contributed by atoms with Crippen LogP contribution in [-0.4, -0.2) is 35.7 Å². The van der Waals surface area contributed by atoms with Gasteiger partial charge in [-0.05, 0) is 37.0 Å². The van der Waals surface area contributed by atoms with E-state index in [0.29, 0.717) is 24.4 Å². The first-order valence-electron chi connectivity index (χ1n) is 8.62. The van der Waals surface area contributed by atoms with Crippen LogP contribution >= 0.6 is 0 Å². The molecule has 5 heteroatoms. The van der Waals surface area contributed by atoms with Crippen LogP contribution < -0.4 is 10.1 Å². The zero-order valence-electron chi connectivity index (χ0n) is 14.4. The van der Waals surface area contributed by atoms with Crippen molar-refractivity contribution in [1.82, 2.24) is 4.90 Å². The summed E-state index contributed by atoms with van der Waals surface area (Å²) in [5, 5.41) is 13.4. The number of benzene rings is 2. The molecule has 132 valence electrons. The molecule has 2 atom stereocenters. The number of hydrogen-bond acceptors (Lipinski definition) is 3. The fourth-order valence-corrected chi connectivity index (χ4v) is 3.31. The molecule has 2 amide bonds. The molecule has 1 aliphatic rings. The standard InChI is InChI=1S/C20H24N2O3/c1-25-18-11-5-9-16(13-18)21-20(24)22-12-6-10-17(22)14-19(23)15-7-3-2-4-8-15/h2-5,7-9,11,13,17,19,23H,6,10,12,14H2,1H3,(H,21,24)/t17-,19-/m0/s1. The number of urea groups is 1. The molecule has 0 aromatic heterocycles. The number of anilines is 1. The van der Waals surface area contributed by atoms with Crippen molar-refractivity contribution in [3.05, 3.63) is 60.2 Å². The fourth-order valence-electron chi connectivity index (χ4n) is 3.31. The molecule has 0 spiro atoms. The van der Waals surface area contributed by atoms with Crippen LogP contribution in [0.3, 0.4) is 0 Å². The molecule has 5 nitrogen and oxygen atoms in total. The van der Waals surface area contributed by atoms with Crippen molar-refractivity contribution < 1.29 is 14.6 Å². The number of hydrogen-bond donors (Lipinski definition) is 2. The Morgan fingerprint density at radius 3 is 2.84 bits per heavy atom. The van der Waals surface area contributed by atoms with Crippen molar-refractivity contribution in [3.8, 4) is 5.75 Å². The summed E-state index contributed by atoms with van der Waals surface area (Å²) in [6.07, 6.45) is 1.86. The minimum atomic E-state index is -0.559. The van der Waals surface area contributed by atoms with E-state index >= 15 is 0 Å². The summed E-state index contributed by atoms with van der Waals surface area (Å²) >= 11 is 0. The Morgan fingerprint density at radius 1 is 1.28 bits per heavy atom. The van der Waals surface area contributed by atoms with E-state index < -0.39 is 6.10 Å². The second-order valence-electron chi connectivity index (χ2n) is 6.31. The van der Waals surface area contributed by atoms with Crippen LogP contribution in [0, 0.1) is 0 Å². The molecule has 1 saturated heterocycles. The Hall–Kier alpha value is -2.53. The fraction of sp³-hybridized carbons (Fsp3) is 0.350. The summed E-state index contributed by atoms with van der Waals surface area (Å²) in [7, 11) is 1.60. The quantitative estimate of drug-likeness (QED) is 0.870. The lowest BCUT2D eigenvalue weighted by molar-refractivity contribution is 0.130. The first kappa shape index (κ1) is 17.3. The zero-order valence-corrected chi connectivity index (χ0v) is 14.4. The highest BCUT2D eigenvalue weighted by Gasteiger charge is 2.30. The number of carbonyl (C=O) groups is 1. The number of nitrogens with zero attached hydrogens (tertiary/aromatic N) is 1. The number of likely N-dealkylation sites (tertiary alicyclic amines) is 1. The van der Waals surface area contributed by atoms with Gasteiger partial charge in [0, 0.05) is 24.3 Å². The summed E-state index contributed by atoms with van der Waals surface area (Å²) in [6, 6.07) is 16.8. The summed E-state index contributed by atoms with van der Waals surface area (Å²) in [5.74, 6) is 0.704. The predicted octanol–water partition coefficient (Wildman–Crippen LogP) is 3.82. The maximum Gasteiger partial charge on any atom is 0.322 e. The van der Waals surface area contributed by atoms with Crippen LogP contribution in [0.5, 0.6) is 5.75 Å². The van der Waals surface area contributed by atoms with Gasteiger partial charge in [0.1, 0.15) is 5.75 Å². The number of aliphatic hydroxyl groups is 1. The number of aliphatic hydroxyl groups excluding tert-OH is 1. The van der Waals surface area contributed by atoms with E-state index in [1.54, 1.807) is 13.2 Å². The second-order valence-corrected chi connectivity index (χ2v) is 6.31. The lowest BCUT2D eigenvalue weighted by Gasteiger charge is -2.27. The second kappa shape index (κ2) is 8.03. The molecule has 1 aliphatic heterocycles. The minimum absolute atomic E-state index is 0.0424. The van der Waals surface area contributed by atoms with Gasteiger partial charge < -0.3 is 20.1 Å². The SMILES string of the molecule is COc1cccc(NC(=O)N2CCC[C@H]2C[C@H](O)c2ccccc2)c1. The maximum absolute atomic E-state index is 12.6. The van der Waals surface area contributed by atoms with Crippen LogP contribution in [-0.2, 0) is 0 Å². The van der Waals surface area contributed by atoms with Crippen LogP contribution in [0.4, 0.5) is 10.5 Å². The molecule has 1 heterocycles. The molecular weight excluding hydrogens is 316 g/mol. The third-order valence-electron chi connectivity index (χ3n) is 4.64. The van der Waals surface area contributed by atoms with Crippen LogP contribution in [0.2, 0.25) is 0 Å². The van der Waals surface area contributed by atoms with Crippen molar-refractivity contribution in [1.29, 1.82) is 0 Å². The summed E-state index contributed by atoms with van der Waals surface area (Å²) in [5.41, 5.74) is 1.60. The number of rotatable bonds is 5. The van der Waals surface area contributed by atoms with Crippen molar-refractivity contribution in [3.63, 3.8) is 0 Å². The third kappa shape index (κ3) is 4.31. The molecule has 0 saturated carbocycles. The smallest absolute Gasteiger partial charge is 0.322 e. The molecule has 0 radical (unpaired) electrons. The first-order valence-corrected chi connectivity index (χ1v) is 8.62. The Bertz CT molecular complexity index is 705. The van der Waals surface area contributed by atoms with Gasteiger partial charge in [0.05, 0.1) is 13.2 Å². The van der Waals surface area contributed by atoms with Crippen LogP contribution in [0.1, 0.15) is 30.9 Å². The van der Waals surface area contributed by atoms with E-state index in [1.807, 2.05) is 53.4 Å². The normalized spacial score (nSPS) is 18.0. The molecule has 0 aliphatic carbocycles. The van der Waals surface area contributed by atoms with Gasteiger partial charge in [-0.3, -0.25) is 0 Å². The van der Waals surface area contributed by atoms with Gasteiger partial charge in [0.25, 0.3) is 0 Å². The maximum atomic E-state index is 12.6. The number of amides is 2. The van der Waals surface area contributed by atoms with Crippen LogP contribution in [0.15, 0.2) is 54.6 Å². The first-order chi connectivity index (χ1) is 12.2. The Labute approximate surface area is 148 Å². The average molecular weight is 340 g/mol. The van der Waals surface area contributed by atoms with Crippen molar-refractivity contribution >= 4 is 11.7 Å². The number of carbonyl (C=O) groups excluding carboxylic acids is 1. The highest BCUT2D eigenvalue weighted by Crippen LogP contribution is 2.28. The molecule has 2 aromatic carbocycles. The van der Waals surface area contributed by atoms with Gasteiger partial charge >= 0.3 is 6.03 Å². The molecule has 0 unspecified atom stereocenters. The summed E-state index contributed by atoms with van der Waals surface area (Å²) in [6.45, 7) is 0.710. The van der Waals surface area contributed by atoms with E-state index in [2.05, 4.69) is 5.32 Å². The van der Waals surface area contributed by atoms with Gasteiger partial charge in [-0.2, -0.15) is 0 Å². The molecule has 2 aromatic rings. The molecule has 3 rings (SSSR count). The minimum Gasteiger partial charge on any atom is -0.497 e. The Balaban J connectivity index is 1.63. The van der Waals surface area contributed by atoms with E-state index in [4.69, 9.17) is 4.74 Å². The lowest BCUT2D eigenvalue weighted by Crippen LogP contribution is -2.39. The highest BCUT2D eigenvalue weighted by molar-refractivity contribution is 5.89. The topological polar surface area (TPSA) is 61.8 Å². The molecule has 2 N–H and O–H groups in total. The van der Waals surface area contributed by atoms with E-state index in [9.17, 15) is 9.90 Å². The highest BCUT2D eigenvalue weighted by atomic mass is 16.5. The van der Waals surface area contributed by atoms with Gasteiger partial charge in [-0.1, -0.05) is 36.4 Å². The summed E-state index contributed by atoms with van der Waals surface area (Å²) < 4.78 is 5.19. The van der Waals surface area contributed by atoms with Gasteiger partial charge in [-0.25, -0.2) is 4.79 Å². The molecule has 25 heavy (non-hydrogen) atoms. The average Bonchev–Trinajstić information content (AvgIpc) is 3.11. The molecular formula is C20H24N2O3. The van der Waals surface area contributed by atoms with Crippen molar-refractivity contribution in [2.45, 2.75) is 31.4 Å². The largest absolute Gasteiger partial charge is 0.497 e. The zero-order chi connectivity index (χ0) is 17.6. The third-order valence-corrected chi connectivity index (χ3v) is 4.64. The predicted molar refractivity (Wildman–Crippen MR) is 97.8 cm³/mol. The van der Waals surface area contributed by atoms with E-state index in [1.165, 1.54) is 0 Å². The number of methoxy groups -OCH3 is 1. The van der Waals surface area contributed by atoms with Gasteiger partial charge in [-0.15, -0.1) is 0 Å². The Kier molecular flexibility index (Phi) is 5.56. The molecule has 1 fully saturated rings. The number of ether oxygens (including phenoxy) is 1. The van der Waals surface area contributed by atoms with Crippen LogP contribution in [0.25, 0.3) is 0 Å². The van der Waals surface area contributed by atoms with Gasteiger partial charge in [0.15, 0.2) is 0 Å². The molecule has 0 bridgehead atoms. The van der Waals surface area contributed by atoms with Gasteiger partial charge in [0.2, 0.25) is 0 Å².